The molecule has 0 N–H and O–H groups in total. The van der Waals surface area contributed by atoms with E-state index in [0.717, 1.165) is 38.7 Å². The molecular formula is C21H36O2. The molecule has 0 radical (unpaired) electrons. The van der Waals surface area contributed by atoms with Crippen molar-refractivity contribution in [1.29, 1.82) is 0 Å². The van der Waals surface area contributed by atoms with Crippen molar-refractivity contribution in [2.45, 2.75) is 95.9 Å². The van der Waals surface area contributed by atoms with Crippen molar-refractivity contribution < 1.29 is 9.47 Å². The second kappa shape index (κ2) is 9.03. The van der Waals surface area contributed by atoms with Crippen LogP contribution < -0.4 is 0 Å². The average molecular weight is 321 g/mol. The largest absolute Gasteiger partial charge is 0.349 e. The fourth-order valence-corrected chi connectivity index (χ4v) is 4.58. The minimum Gasteiger partial charge on any atom is -0.349 e. The minimum atomic E-state index is -0.349. The van der Waals surface area contributed by atoms with Gasteiger partial charge in [0.1, 0.15) is 0 Å². The summed E-state index contributed by atoms with van der Waals surface area (Å²) in [7, 11) is 0. The van der Waals surface area contributed by atoms with E-state index in [9.17, 15) is 0 Å². The van der Waals surface area contributed by atoms with E-state index in [0.29, 0.717) is 0 Å². The third kappa shape index (κ3) is 4.28. The van der Waals surface area contributed by atoms with Gasteiger partial charge in [0.05, 0.1) is 12.7 Å². The highest BCUT2D eigenvalue weighted by atomic mass is 16.7. The molecule has 0 aromatic carbocycles. The summed E-state index contributed by atoms with van der Waals surface area (Å²) in [6.45, 7) is 11.0. The highest BCUT2D eigenvalue weighted by Crippen LogP contribution is 2.58. The second-order valence-corrected chi connectivity index (χ2v) is 7.45. The molecule has 132 valence electrons. The second-order valence-electron chi connectivity index (χ2n) is 7.45. The molecule has 1 heterocycles. The lowest BCUT2D eigenvalue weighted by molar-refractivity contribution is -0.269. The van der Waals surface area contributed by atoms with E-state index in [-0.39, 0.29) is 17.3 Å². The third-order valence-electron chi connectivity index (χ3n) is 5.84. The molecule has 1 aliphatic carbocycles. The molecular weight excluding hydrogens is 284 g/mol. The highest BCUT2D eigenvalue weighted by molar-refractivity contribution is 5.06. The fourth-order valence-electron chi connectivity index (χ4n) is 4.58. The number of hydrogen-bond acceptors (Lipinski definition) is 2. The summed E-state index contributed by atoms with van der Waals surface area (Å²) < 4.78 is 12.9. The molecule has 2 rings (SSSR count). The van der Waals surface area contributed by atoms with Gasteiger partial charge in [0.25, 0.3) is 0 Å². The number of fused-ring (bicyclic) bond motifs is 1. The first-order chi connectivity index (χ1) is 11.2. The Balaban J connectivity index is 1.94. The Morgan fingerprint density at radius 1 is 1.09 bits per heavy atom. The van der Waals surface area contributed by atoms with E-state index in [1.807, 2.05) is 6.08 Å². The summed E-state index contributed by atoms with van der Waals surface area (Å²) in [5, 5.41) is 0. The Hall–Kier alpha value is -0.600. The number of ether oxygens (including phenoxy) is 2. The topological polar surface area (TPSA) is 18.5 Å². The molecule has 2 fully saturated rings. The number of rotatable bonds is 12. The van der Waals surface area contributed by atoms with Gasteiger partial charge in [0, 0.05) is 11.8 Å². The maximum atomic E-state index is 6.68. The van der Waals surface area contributed by atoms with Gasteiger partial charge in [-0.3, -0.25) is 0 Å². The van der Waals surface area contributed by atoms with Crippen LogP contribution in [0, 0.1) is 5.41 Å². The summed E-state index contributed by atoms with van der Waals surface area (Å²) in [4.78, 5) is 0. The molecule has 3 atom stereocenters. The van der Waals surface area contributed by atoms with Gasteiger partial charge < -0.3 is 9.47 Å². The average Bonchev–Trinajstić information content (AvgIpc) is 3.02. The normalized spacial score (nSPS) is 31.0. The molecule has 2 aliphatic rings. The van der Waals surface area contributed by atoms with Crippen LogP contribution >= 0.6 is 0 Å². The molecule has 0 amide bonds. The molecule has 0 bridgehead atoms. The molecule has 1 aliphatic heterocycles. The summed E-state index contributed by atoms with van der Waals surface area (Å²) >= 11 is 0. The van der Waals surface area contributed by atoms with E-state index in [1.54, 1.807) is 0 Å². The van der Waals surface area contributed by atoms with Crippen molar-refractivity contribution >= 4 is 0 Å². The van der Waals surface area contributed by atoms with E-state index in [2.05, 4.69) is 26.2 Å². The van der Waals surface area contributed by atoms with Gasteiger partial charge >= 0.3 is 0 Å². The molecule has 2 nitrogen and oxygen atoms in total. The van der Waals surface area contributed by atoms with E-state index >= 15 is 0 Å². The Morgan fingerprint density at radius 2 is 1.91 bits per heavy atom. The standard InChI is InChI=1S/C21H36O2/c1-4-7-8-9-10-13-19(12-5-2)23-21-16-11-15-20(21,14-6-3)17-18-22-21/h5-6,19H,2-4,7-18H2,1H3/t19-,20-,21+/m0/s1. The lowest BCUT2D eigenvalue weighted by Crippen LogP contribution is -2.45. The highest BCUT2D eigenvalue weighted by Gasteiger charge is 2.60. The molecule has 1 saturated carbocycles. The van der Waals surface area contributed by atoms with Crippen LogP contribution in [0.2, 0.25) is 0 Å². The number of unbranched alkanes of at least 4 members (excludes halogenated alkanes) is 4. The van der Waals surface area contributed by atoms with Gasteiger partial charge in [-0.05, 0) is 38.5 Å². The minimum absolute atomic E-state index is 0.177. The van der Waals surface area contributed by atoms with Crippen LogP contribution in [0.3, 0.4) is 0 Å². The first kappa shape index (κ1) is 18.7. The number of allylic oxidation sites excluding steroid dienone is 1. The Kier molecular flexibility index (Phi) is 7.36. The van der Waals surface area contributed by atoms with Crippen LogP contribution in [0.25, 0.3) is 0 Å². The van der Waals surface area contributed by atoms with Crippen molar-refractivity contribution in [2.24, 2.45) is 5.41 Å². The summed E-state index contributed by atoms with van der Waals surface area (Å²) in [5.41, 5.74) is 0.177. The van der Waals surface area contributed by atoms with Crippen LogP contribution in [-0.2, 0) is 9.47 Å². The van der Waals surface area contributed by atoms with E-state index in [4.69, 9.17) is 9.47 Å². The third-order valence-corrected chi connectivity index (χ3v) is 5.84. The maximum absolute atomic E-state index is 6.68. The molecule has 2 heteroatoms. The Bertz CT molecular complexity index is 364. The predicted molar refractivity (Wildman–Crippen MR) is 97.5 cm³/mol. The van der Waals surface area contributed by atoms with Gasteiger partial charge in [-0.1, -0.05) is 51.2 Å². The molecule has 0 unspecified atom stereocenters. The summed E-state index contributed by atoms with van der Waals surface area (Å²) in [5.74, 6) is -0.349. The zero-order chi connectivity index (χ0) is 16.6. The quantitative estimate of drug-likeness (QED) is 0.316. The van der Waals surface area contributed by atoms with Crippen molar-refractivity contribution in [2.75, 3.05) is 6.61 Å². The predicted octanol–water partition coefficient (Wildman–Crippen LogP) is 6.17. The van der Waals surface area contributed by atoms with Crippen molar-refractivity contribution in [3.63, 3.8) is 0 Å². The molecule has 0 aromatic rings. The Labute approximate surface area is 143 Å². The van der Waals surface area contributed by atoms with Crippen LogP contribution in [0.5, 0.6) is 0 Å². The Morgan fingerprint density at radius 3 is 2.65 bits per heavy atom. The smallest absolute Gasteiger partial charge is 0.174 e. The van der Waals surface area contributed by atoms with E-state index < -0.39 is 0 Å². The van der Waals surface area contributed by atoms with Crippen LogP contribution in [0.15, 0.2) is 25.3 Å². The van der Waals surface area contributed by atoms with Crippen LogP contribution in [0.4, 0.5) is 0 Å². The lowest BCUT2D eigenvalue weighted by Gasteiger charge is -2.41. The lowest BCUT2D eigenvalue weighted by atomic mass is 9.77. The first-order valence-corrected chi connectivity index (χ1v) is 9.75. The fraction of sp³-hybridized carbons (Fsp3) is 0.810. The molecule has 23 heavy (non-hydrogen) atoms. The summed E-state index contributed by atoms with van der Waals surface area (Å²) in [6.07, 6.45) is 18.6. The zero-order valence-corrected chi connectivity index (χ0v) is 15.2. The van der Waals surface area contributed by atoms with Gasteiger partial charge in [-0.2, -0.15) is 0 Å². The van der Waals surface area contributed by atoms with Crippen molar-refractivity contribution in [1.82, 2.24) is 0 Å². The van der Waals surface area contributed by atoms with Gasteiger partial charge in [0.15, 0.2) is 5.79 Å². The van der Waals surface area contributed by atoms with Crippen molar-refractivity contribution in [3.05, 3.63) is 25.3 Å². The maximum Gasteiger partial charge on any atom is 0.174 e. The molecule has 0 spiro atoms. The number of hydrogen-bond donors (Lipinski definition) is 0. The SMILES string of the molecule is C=CC[C@@H](CCCCCCC)O[C@]12CCC[C@@]1(CC=C)CCO2. The molecule has 0 aromatic heterocycles. The monoisotopic (exact) mass is 320 g/mol. The van der Waals surface area contributed by atoms with Gasteiger partial charge in [-0.15, -0.1) is 13.2 Å². The van der Waals surface area contributed by atoms with Crippen molar-refractivity contribution in [3.8, 4) is 0 Å². The van der Waals surface area contributed by atoms with E-state index in [1.165, 1.54) is 44.9 Å². The summed E-state index contributed by atoms with van der Waals surface area (Å²) in [6, 6.07) is 0. The van der Waals surface area contributed by atoms with Gasteiger partial charge in [0.2, 0.25) is 0 Å². The van der Waals surface area contributed by atoms with Crippen LogP contribution in [0.1, 0.15) is 84.0 Å². The van der Waals surface area contributed by atoms with Gasteiger partial charge in [-0.25, -0.2) is 0 Å². The van der Waals surface area contributed by atoms with Crippen LogP contribution in [-0.4, -0.2) is 18.5 Å². The molecule has 1 saturated heterocycles. The first-order valence-electron chi connectivity index (χ1n) is 9.75. The zero-order valence-electron chi connectivity index (χ0n) is 15.2.